The summed E-state index contributed by atoms with van der Waals surface area (Å²) in [6.07, 6.45) is 0. The van der Waals surface area contributed by atoms with Crippen LogP contribution in [0.4, 0.5) is 4.39 Å². The van der Waals surface area contributed by atoms with Gasteiger partial charge >= 0.3 is 0 Å². The number of hydrogen-bond acceptors (Lipinski definition) is 2. The third-order valence-electron chi connectivity index (χ3n) is 3.63. The molecule has 106 valence electrons. The first-order chi connectivity index (χ1) is 9.61. The Morgan fingerprint density at radius 2 is 1.85 bits per heavy atom. The van der Waals surface area contributed by atoms with Crippen molar-refractivity contribution in [3.8, 4) is 0 Å². The van der Waals surface area contributed by atoms with Gasteiger partial charge in [0.25, 0.3) is 0 Å². The van der Waals surface area contributed by atoms with Gasteiger partial charge in [-0.25, -0.2) is 4.39 Å². The Kier molecular flexibility index (Phi) is 4.88. The fourth-order valence-electron chi connectivity index (χ4n) is 2.50. The minimum atomic E-state index is -0.211. The van der Waals surface area contributed by atoms with Crippen LogP contribution < -0.4 is 5.73 Å². The van der Waals surface area contributed by atoms with Crippen LogP contribution in [0.3, 0.4) is 0 Å². The third kappa shape index (κ3) is 3.44. The fourth-order valence-corrected chi connectivity index (χ4v) is 2.50. The van der Waals surface area contributed by atoms with Crippen LogP contribution in [-0.2, 0) is 6.54 Å². The highest BCUT2D eigenvalue weighted by molar-refractivity contribution is 5.30. The van der Waals surface area contributed by atoms with Crippen LogP contribution in [0.2, 0.25) is 0 Å². The number of halogens is 1. The molecule has 0 saturated heterocycles. The molecular weight excluding hydrogens is 251 g/mol. The zero-order valence-electron chi connectivity index (χ0n) is 12.0. The number of aryl methyl sites for hydroxylation is 1. The van der Waals surface area contributed by atoms with E-state index in [4.69, 9.17) is 5.73 Å². The lowest BCUT2D eigenvalue weighted by atomic mass is 9.99. The van der Waals surface area contributed by atoms with Gasteiger partial charge in [-0.2, -0.15) is 0 Å². The second kappa shape index (κ2) is 6.64. The summed E-state index contributed by atoms with van der Waals surface area (Å²) >= 11 is 0. The fraction of sp³-hybridized carbons (Fsp3) is 0.294. The largest absolute Gasteiger partial charge is 0.329 e. The minimum Gasteiger partial charge on any atom is -0.329 e. The summed E-state index contributed by atoms with van der Waals surface area (Å²) in [5, 5.41) is 0. The first-order valence-corrected chi connectivity index (χ1v) is 6.82. The average molecular weight is 272 g/mol. The zero-order valence-corrected chi connectivity index (χ0v) is 12.0. The van der Waals surface area contributed by atoms with Gasteiger partial charge in [0.05, 0.1) is 0 Å². The van der Waals surface area contributed by atoms with E-state index in [2.05, 4.69) is 17.0 Å². The molecule has 0 aliphatic heterocycles. The normalized spacial score (nSPS) is 12.7. The predicted octanol–water partition coefficient (Wildman–Crippen LogP) is 3.27. The quantitative estimate of drug-likeness (QED) is 0.905. The van der Waals surface area contributed by atoms with Crippen LogP contribution in [0.5, 0.6) is 0 Å². The van der Waals surface area contributed by atoms with Crippen LogP contribution >= 0.6 is 0 Å². The molecule has 3 heteroatoms. The molecule has 0 spiro atoms. The molecule has 2 N–H and O–H groups in total. The van der Waals surface area contributed by atoms with Crippen LogP contribution in [-0.4, -0.2) is 18.5 Å². The maximum Gasteiger partial charge on any atom is 0.123 e. The van der Waals surface area contributed by atoms with Gasteiger partial charge in [-0.1, -0.05) is 36.4 Å². The molecular formula is C17H21FN2. The first kappa shape index (κ1) is 14.7. The van der Waals surface area contributed by atoms with Crippen molar-refractivity contribution in [2.75, 3.05) is 13.6 Å². The molecule has 0 radical (unpaired) electrons. The van der Waals surface area contributed by atoms with Gasteiger partial charge in [0.2, 0.25) is 0 Å². The van der Waals surface area contributed by atoms with E-state index in [1.165, 1.54) is 11.6 Å². The number of benzene rings is 2. The van der Waals surface area contributed by atoms with Gasteiger partial charge in [0, 0.05) is 19.1 Å². The van der Waals surface area contributed by atoms with Crippen molar-refractivity contribution in [3.63, 3.8) is 0 Å². The minimum absolute atomic E-state index is 0.0194. The predicted molar refractivity (Wildman–Crippen MR) is 80.8 cm³/mol. The maximum atomic E-state index is 13.5. The highest BCUT2D eigenvalue weighted by atomic mass is 19.1. The smallest absolute Gasteiger partial charge is 0.123 e. The number of hydrogen-bond donors (Lipinski definition) is 1. The molecule has 1 unspecified atom stereocenters. The summed E-state index contributed by atoms with van der Waals surface area (Å²) in [7, 11) is 2.02. The molecule has 0 bridgehead atoms. The van der Waals surface area contributed by atoms with E-state index in [0.29, 0.717) is 6.54 Å². The second-order valence-corrected chi connectivity index (χ2v) is 5.15. The molecule has 2 aromatic rings. The van der Waals surface area contributed by atoms with Crippen LogP contribution in [0.15, 0.2) is 48.5 Å². The molecule has 2 nitrogen and oxygen atoms in total. The first-order valence-electron chi connectivity index (χ1n) is 6.82. The Morgan fingerprint density at radius 1 is 1.15 bits per heavy atom. The standard InChI is InChI=1S/C17H21FN2/c1-13-8-9-15(18)10-16(13)17(11-19)20(2)12-14-6-4-3-5-7-14/h3-10,17H,11-12,19H2,1-2H3. The monoisotopic (exact) mass is 272 g/mol. The molecule has 2 rings (SSSR count). The second-order valence-electron chi connectivity index (χ2n) is 5.15. The summed E-state index contributed by atoms with van der Waals surface area (Å²) in [6, 6.07) is 15.1. The van der Waals surface area contributed by atoms with Crippen LogP contribution in [0.1, 0.15) is 22.7 Å². The Balaban J connectivity index is 2.21. The molecule has 2 aromatic carbocycles. The van der Waals surface area contributed by atoms with Crippen molar-refractivity contribution in [3.05, 3.63) is 71.0 Å². The molecule has 1 atom stereocenters. The van der Waals surface area contributed by atoms with Gasteiger partial charge in [-0.15, -0.1) is 0 Å². The highest BCUT2D eigenvalue weighted by Crippen LogP contribution is 2.24. The molecule has 20 heavy (non-hydrogen) atoms. The molecule has 0 fully saturated rings. The molecule has 0 aliphatic rings. The SMILES string of the molecule is Cc1ccc(F)cc1C(CN)N(C)Cc1ccccc1. The van der Waals surface area contributed by atoms with E-state index in [9.17, 15) is 4.39 Å². The number of rotatable bonds is 5. The maximum absolute atomic E-state index is 13.5. The molecule has 0 amide bonds. The van der Waals surface area contributed by atoms with Gasteiger partial charge < -0.3 is 5.73 Å². The van der Waals surface area contributed by atoms with Crippen molar-refractivity contribution < 1.29 is 4.39 Å². The Bertz CT molecular complexity index is 554. The van der Waals surface area contributed by atoms with Crippen molar-refractivity contribution in [2.24, 2.45) is 5.73 Å². The number of nitrogens with two attached hydrogens (primary N) is 1. The Morgan fingerprint density at radius 3 is 2.50 bits per heavy atom. The van der Waals surface area contributed by atoms with Crippen molar-refractivity contribution in [1.82, 2.24) is 4.90 Å². The van der Waals surface area contributed by atoms with E-state index >= 15 is 0 Å². The van der Waals surface area contributed by atoms with Crippen molar-refractivity contribution >= 4 is 0 Å². The van der Waals surface area contributed by atoms with Crippen molar-refractivity contribution in [2.45, 2.75) is 19.5 Å². The van der Waals surface area contributed by atoms with E-state index < -0.39 is 0 Å². The van der Waals surface area contributed by atoms with Crippen LogP contribution in [0, 0.1) is 12.7 Å². The van der Waals surface area contributed by atoms with Gasteiger partial charge in [0.15, 0.2) is 0 Å². The number of likely N-dealkylation sites (N-methyl/N-ethyl adjacent to an activating group) is 1. The highest BCUT2D eigenvalue weighted by Gasteiger charge is 2.18. The lowest BCUT2D eigenvalue weighted by molar-refractivity contribution is 0.240. The molecule has 0 saturated carbocycles. The number of nitrogens with zero attached hydrogens (tertiary/aromatic N) is 1. The Labute approximate surface area is 120 Å². The van der Waals surface area contributed by atoms with E-state index in [0.717, 1.165) is 17.7 Å². The molecule has 0 heterocycles. The van der Waals surface area contributed by atoms with Gasteiger partial charge in [-0.05, 0) is 42.8 Å². The lowest BCUT2D eigenvalue weighted by Gasteiger charge is -2.28. The van der Waals surface area contributed by atoms with E-state index in [1.807, 2.05) is 38.2 Å². The summed E-state index contributed by atoms with van der Waals surface area (Å²) in [5.74, 6) is -0.211. The topological polar surface area (TPSA) is 29.3 Å². The van der Waals surface area contributed by atoms with Crippen LogP contribution in [0.25, 0.3) is 0 Å². The van der Waals surface area contributed by atoms with Gasteiger partial charge in [0.1, 0.15) is 5.82 Å². The summed E-state index contributed by atoms with van der Waals surface area (Å²) in [6.45, 7) is 3.25. The summed E-state index contributed by atoms with van der Waals surface area (Å²) in [4.78, 5) is 2.16. The average Bonchev–Trinajstić information content (AvgIpc) is 2.44. The van der Waals surface area contributed by atoms with Crippen molar-refractivity contribution in [1.29, 1.82) is 0 Å². The van der Waals surface area contributed by atoms with E-state index in [-0.39, 0.29) is 11.9 Å². The molecule has 0 aliphatic carbocycles. The lowest BCUT2D eigenvalue weighted by Crippen LogP contribution is -2.30. The van der Waals surface area contributed by atoms with Gasteiger partial charge in [-0.3, -0.25) is 4.90 Å². The zero-order chi connectivity index (χ0) is 14.5. The summed E-state index contributed by atoms with van der Waals surface area (Å²) in [5.41, 5.74) is 9.17. The van der Waals surface area contributed by atoms with E-state index in [1.54, 1.807) is 6.07 Å². The third-order valence-corrected chi connectivity index (χ3v) is 3.63. The summed E-state index contributed by atoms with van der Waals surface area (Å²) < 4.78 is 13.5. The molecule has 0 aromatic heterocycles. The Hall–Kier alpha value is -1.71.